The minimum Gasteiger partial charge on any atom is -0.461 e. The minimum absolute atomic E-state index is 0.109. The van der Waals surface area contributed by atoms with E-state index in [1.807, 2.05) is 0 Å². The molecule has 2 aromatic heterocycles. The summed E-state index contributed by atoms with van der Waals surface area (Å²) < 4.78 is 35.0. The van der Waals surface area contributed by atoms with Crippen molar-refractivity contribution in [3.8, 4) is 6.01 Å². The highest BCUT2D eigenvalue weighted by molar-refractivity contribution is 6.30. The number of pyridine rings is 1. The smallest absolute Gasteiger partial charge is 0.319 e. The van der Waals surface area contributed by atoms with Gasteiger partial charge in [0.05, 0.1) is 10.9 Å². The normalized spacial score (nSPS) is 32.7. The molecule has 31 heavy (non-hydrogen) atoms. The Morgan fingerprint density at radius 2 is 2.03 bits per heavy atom. The first-order valence-electron chi connectivity index (χ1n) is 11.1. The van der Waals surface area contributed by atoms with Gasteiger partial charge < -0.3 is 15.0 Å². The van der Waals surface area contributed by atoms with Crippen LogP contribution in [0.3, 0.4) is 0 Å². The van der Waals surface area contributed by atoms with Crippen LogP contribution < -0.4 is 15.0 Å². The largest absolute Gasteiger partial charge is 0.461 e. The number of halogens is 3. The van der Waals surface area contributed by atoms with Crippen LogP contribution in [0.15, 0.2) is 6.20 Å². The molecule has 4 atom stereocenters. The second kappa shape index (κ2) is 7.35. The van der Waals surface area contributed by atoms with Crippen molar-refractivity contribution in [2.45, 2.75) is 55.9 Å². The molecule has 4 aliphatic heterocycles. The molecule has 0 radical (unpaired) electrons. The molecule has 7 nitrogen and oxygen atoms in total. The van der Waals surface area contributed by atoms with Crippen LogP contribution in [0.5, 0.6) is 6.01 Å². The van der Waals surface area contributed by atoms with Gasteiger partial charge in [0.15, 0.2) is 11.0 Å². The zero-order chi connectivity index (χ0) is 21.2. The van der Waals surface area contributed by atoms with Gasteiger partial charge in [-0.05, 0) is 32.2 Å². The summed E-state index contributed by atoms with van der Waals surface area (Å²) in [7, 11) is 0. The fourth-order valence-corrected chi connectivity index (χ4v) is 6.06. The third-order valence-electron chi connectivity index (χ3n) is 7.35. The number of rotatable bonds is 4. The molecule has 6 rings (SSSR count). The molecule has 2 bridgehead atoms. The van der Waals surface area contributed by atoms with Gasteiger partial charge in [0.2, 0.25) is 0 Å². The van der Waals surface area contributed by atoms with Crippen molar-refractivity contribution in [1.29, 1.82) is 0 Å². The molecule has 10 heteroatoms. The van der Waals surface area contributed by atoms with Crippen molar-refractivity contribution in [3.63, 3.8) is 0 Å². The SMILES string of the molecule is Fc1c(Cl)ncc2c(N3CC4CCC(C3)N4)nc(OC[C@@]34CCCN3C[C@H](F)C4)nc12. The van der Waals surface area contributed by atoms with E-state index in [9.17, 15) is 8.78 Å². The van der Waals surface area contributed by atoms with Gasteiger partial charge in [-0.25, -0.2) is 13.8 Å². The number of hydrogen-bond acceptors (Lipinski definition) is 7. The summed E-state index contributed by atoms with van der Waals surface area (Å²) in [5.41, 5.74) is -0.207. The Morgan fingerprint density at radius 1 is 1.23 bits per heavy atom. The van der Waals surface area contributed by atoms with E-state index in [0.717, 1.165) is 45.3 Å². The third kappa shape index (κ3) is 3.32. The summed E-state index contributed by atoms with van der Waals surface area (Å²) in [6, 6.07) is 0.895. The Balaban J connectivity index is 1.36. The Hall–Kier alpha value is -1.84. The number of fused-ring (bicyclic) bond motifs is 4. The predicted molar refractivity (Wildman–Crippen MR) is 113 cm³/mol. The Bertz CT molecular complexity index is 1020. The van der Waals surface area contributed by atoms with Crippen LogP contribution in [-0.4, -0.2) is 76.4 Å². The number of hydrogen-bond donors (Lipinski definition) is 1. The highest BCUT2D eigenvalue weighted by atomic mass is 35.5. The highest BCUT2D eigenvalue weighted by Crippen LogP contribution is 2.40. The van der Waals surface area contributed by atoms with E-state index in [4.69, 9.17) is 16.3 Å². The summed E-state index contributed by atoms with van der Waals surface area (Å²) in [5, 5.41) is 3.90. The zero-order valence-corrected chi connectivity index (χ0v) is 17.9. The molecule has 0 spiro atoms. The van der Waals surface area contributed by atoms with Crippen molar-refractivity contribution in [2.75, 3.05) is 37.7 Å². The lowest BCUT2D eigenvalue weighted by atomic mass is 9.95. The second-order valence-corrected chi connectivity index (χ2v) is 9.72. The van der Waals surface area contributed by atoms with Crippen LogP contribution in [0.4, 0.5) is 14.6 Å². The van der Waals surface area contributed by atoms with Crippen molar-refractivity contribution in [2.24, 2.45) is 0 Å². The van der Waals surface area contributed by atoms with Gasteiger partial charge in [0.1, 0.15) is 24.1 Å². The fraction of sp³-hybridized carbons (Fsp3) is 0.667. The maximum absolute atomic E-state index is 14.9. The molecule has 1 N–H and O–H groups in total. The molecule has 0 amide bonds. The average Bonchev–Trinajstić information content (AvgIpc) is 3.40. The van der Waals surface area contributed by atoms with Crippen molar-refractivity contribution in [3.05, 3.63) is 17.2 Å². The topological polar surface area (TPSA) is 66.4 Å². The number of ether oxygens (including phenoxy) is 1. The van der Waals surface area contributed by atoms with Crippen LogP contribution in [-0.2, 0) is 0 Å². The predicted octanol–water partition coefficient (Wildman–Crippen LogP) is 2.71. The van der Waals surface area contributed by atoms with Gasteiger partial charge in [-0.2, -0.15) is 9.97 Å². The highest BCUT2D eigenvalue weighted by Gasteiger charge is 2.49. The number of nitrogens with one attached hydrogen (secondary N) is 1. The van der Waals surface area contributed by atoms with E-state index in [1.165, 1.54) is 6.20 Å². The maximum Gasteiger partial charge on any atom is 0.319 e. The van der Waals surface area contributed by atoms with E-state index in [0.29, 0.717) is 42.9 Å². The second-order valence-electron chi connectivity index (χ2n) is 9.36. The van der Waals surface area contributed by atoms with Gasteiger partial charge in [-0.1, -0.05) is 11.6 Å². The minimum atomic E-state index is -0.837. The number of aromatic nitrogens is 3. The van der Waals surface area contributed by atoms with Gasteiger partial charge in [-0.3, -0.25) is 4.90 Å². The molecular formula is C21H25ClF2N6O. The Kier molecular flexibility index (Phi) is 4.70. The number of piperazine rings is 1. The van der Waals surface area contributed by atoms with E-state index in [2.05, 4.69) is 30.1 Å². The van der Waals surface area contributed by atoms with Crippen molar-refractivity contribution >= 4 is 28.3 Å². The summed E-state index contributed by atoms with van der Waals surface area (Å²) in [6.45, 7) is 3.20. The van der Waals surface area contributed by atoms with Crippen LogP contribution in [0, 0.1) is 5.82 Å². The lowest BCUT2D eigenvalue weighted by Crippen LogP contribution is -2.51. The number of nitrogens with zero attached hydrogens (tertiary/aromatic N) is 5. The van der Waals surface area contributed by atoms with Gasteiger partial charge in [-0.15, -0.1) is 0 Å². The molecule has 2 aromatic rings. The molecule has 2 unspecified atom stereocenters. The van der Waals surface area contributed by atoms with Gasteiger partial charge >= 0.3 is 6.01 Å². The molecule has 4 aliphatic rings. The molecular weight excluding hydrogens is 426 g/mol. The monoisotopic (exact) mass is 450 g/mol. The van der Waals surface area contributed by atoms with E-state index in [-0.39, 0.29) is 22.2 Å². The van der Waals surface area contributed by atoms with Crippen LogP contribution in [0.2, 0.25) is 5.15 Å². The molecule has 166 valence electrons. The van der Waals surface area contributed by atoms with Crippen molar-refractivity contribution in [1.82, 2.24) is 25.2 Å². The van der Waals surface area contributed by atoms with Crippen LogP contribution >= 0.6 is 11.6 Å². The molecule has 0 saturated carbocycles. The van der Waals surface area contributed by atoms with Crippen LogP contribution in [0.1, 0.15) is 32.1 Å². The van der Waals surface area contributed by atoms with Crippen LogP contribution in [0.25, 0.3) is 10.9 Å². The zero-order valence-electron chi connectivity index (χ0n) is 17.2. The first-order chi connectivity index (χ1) is 15.0. The first kappa shape index (κ1) is 19.8. The third-order valence-corrected chi connectivity index (χ3v) is 7.61. The van der Waals surface area contributed by atoms with E-state index >= 15 is 0 Å². The van der Waals surface area contributed by atoms with Crippen molar-refractivity contribution < 1.29 is 13.5 Å². The summed E-state index contributed by atoms with van der Waals surface area (Å²) in [5.74, 6) is -0.0480. The molecule has 0 aromatic carbocycles. The Labute approximate surface area is 184 Å². The standard InChI is InChI=1S/C21H25ClF2N6O/c22-18-16(24)17-15(7-25-18)19(29-9-13-2-3-14(10-29)26-13)28-20(27-17)31-11-21-4-1-5-30(21)8-12(23)6-21/h7,12-14,26H,1-6,8-11H2/t12-,13?,14?,21+/m1/s1. The summed E-state index contributed by atoms with van der Waals surface area (Å²) in [6.07, 6.45) is 5.31. The molecule has 6 heterocycles. The molecule has 0 aliphatic carbocycles. The first-order valence-corrected chi connectivity index (χ1v) is 11.4. The lowest BCUT2D eigenvalue weighted by molar-refractivity contribution is 0.107. The van der Waals surface area contributed by atoms with E-state index in [1.54, 1.807) is 0 Å². The van der Waals surface area contributed by atoms with Gasteiger partial charge in [0.25, 0.3) is 0 Å². The summed E-state index contributed by atoms with van der Waals surface area (Å²) >= 11 is 5.94. The number of anilines is 1. The van der Waals surface area contributed by atoms with E-state index < -0.39 is 12.0 Å². The average molecular weight is 451 g/mol. The molecule has 4 saturated heterocycles. The fourth-order valence-electron chi connectivity index (χ4n) is 5.92. The quantitative estimate of drug-likeness (QED) is 0.718. The molecule has 4 fully saturated rings. The number of alkyl halides is 1. The lowest BCUT2D eigenvalue weighted by Gasteiger charge is -2.34. The maximum atomic E-state index is 14.9. The summed E-state index contributed by atoms with van der Waals surface area (Å²) in [4.78, 5) is 17.4. The van der Waals surface area contributed by atoms with Gasteiger partial charge in [0, 0.05) is 44.3 Å². The Morgan fingerprint density at radius 3 is 2.84 bits per heavy atom.